The molecule has 4 rings (SSSR count). The highest BCUT2D eigenvalue weighted by Gasteiger charge is 2.15. The summed E-state index contributed by atoms with van der Waals surface area (Å²) in [6.07, 6.45) is 1.68. The van der Waals surface area contributed by atoms with E-state index in [-0.39, 0.29) is 18.0 Å². The first-order valence-electron chi connectivity index (χ1n) is 9.98. The molecule has 0 atom stereocenters. The van der Waals surface area contributed by atoms with Crippen molar-refractivity contribution in [3.63, 3.8) is 0 Å². The lowest BCUT2D eigenvalue weighted by molar-refractivity contribution is 0.0988. The van der Waals surface area contributed by atoms with Crippen LogP contribution in [0.4, 0.5) is 0 Å². The molecule has 0 bridgehead atoms. The van der Waals surface area contributed by atoms with Crippen LogP contribution in [-0.4, -0.2) is 38.6 Å². The van der Waals surface area contributed by atoms with E-state index in [1.54, 1.807) is 74.8 Å². The minimum Gasteiger partial charge on any atom is -0.497 e. The Hall–Kier alpha value is -4.26. The number of carbonyl (C=O) groups is 2. The number of carbonyl (C=O) groups excluding carboxylic acids is 2. The van der Waals surface area contributed by atoms with Crippen LogP contribution in [0.25, 0.3) is 11.5 Å². The number of benzene rings is 2. The Morgan fingerprint density at radius 2 is 1.62 bits per heavy atom. The number of aryl methyl sites for hydroxylation is 1. The number of methoxy groups -OCH3 is 1. The highest BCUT2D eigenvalue weighted by atomic mass is 16.5. The number of nitrogens with zero attached hydrogens (tertiary/aromatic N) is 4. The van der Waals surface area contributed by atoms with Gasteiger partial charge in [0.15, 0.2) is 17.4 Å². The molecule has 0 spiro atoms. The maximum Gasteiger partial charge on any atom is 0.193 e. The fourth-order valence-corrected chi connectivity index (χ4v) is 3.21. The van der Waals surface area contributed by atoms with Crippen molar-refractivity contribution in [1.82, 2.24) is 19.9 Å². The van der Waals surface area contributed by atoms with Gasteiger partial charge in [0.1, 0.15) is 23.1 Å². The smallest absolute Gasteiger partial charge is 0.193 e. The van der Waals surface area contributed by atoms with Gasteiger partial charge in [0.05, 0.1) is 13.5 Å². The number of hydrogen-bond acceptors (Lipinski definition) is 7. The number of hydrogen-bond donors (Lipinski definition) is 0. The average Bonchev–Trinajstić information content (AvgIpc) is 2.84. The van der Waals surface area contributed by atoms with Gasteiger partial charge in [-0.05, 0) is 31.2 Å². The van der Waals surface area contributed by atoms with Crippen molar-refractivity contribution >= 4 is 11.6 Å². The van der Waals surface area contributed by atoms with Crippen LogP contribution in [0.3, 0.4) is 0 Å². The molecule has 0 amide bonds. The van der Waals surface area contributed by atoms with Crippen molar-refractivity contribution in [2.24, 2.45) is 0 Å². The summed E-state index contributed by atoms with van der Waals surface area (Å²) in [6.45, 7) is 1.75. The lowest BCUT2D eigenvalue weighted by Crippen LogP contribution is -2.10. The number of rotatable bonds is 7. The Bertz CT molecular complexity index is 1270. The molecular weight excluding hydrogens is 404 g/mol. The Balaban J connectivity index is 1.51. The van der Waals surface area contributed by atoms with E-state index in [1.807, 2.05) is 12.1 Å². The second-order valence-corrected chi connectivity index (χ2v) is 7.08. The molecule has 4 aromatic rings. The molecule has 7 nitrogen and oxygen atoms in total. The Morgan fingerprint density at radius 3 is 2.34 bits per heavy atom. The maximum atomic E-state index is 12.8. The summed E-state index contributed by atoms with van der Waals surface area (Å²) in [5.74, 6) is 1.64. The highest BCUT2D eigenvalue weighted by Crippen LogP contribution is 2.18. The van der Waals surface area contributed by atoms with Crippen LogP contribution in [0.2, 0.25) is 0 Å². The van der Waals surface area contributed by atoms with E-state index in [0.29, 0.717) is 45.6 Å². The fourth-order valence-electron chi connectivity index (χ4n) is 3.21. The topological polar surface area (TPSA) is 94.9 Å². The number of ketones is 2. The van der Waals surface area contributed by atoms with E-state index in [1.165, 1.54) is 0 Å². The van der Waals surface area contributed by atoms with E-state index in [9.17, 15) is 9.59 Å². The van der Waals surface area contributed by atoms with Crippen molar-refractivity contribution in [2.45, 2.75) is 13.3 Å². The van der Waals surface area contributed by atoms with Crippen LogP contribution in [-0.2, 0) is 6.42 Å². The molecule has 0 aliphatic carbocycles. The summed E-state index contributed by atoms with van der Waals surface area (Å²) in [6, 6.07) is 19.0. The van der Waals surface area contributed by atoms with Gasteiger partial charge in [-0.25, -0.2) is 15.0 Å². The van der Waals surface area contributed by atoms with Crippen molar-refractivity contribution in [3.05, 3.63) is 101 Å². The van der Waals surface area contributed by atoms with Crippen molar-refractivity contribution in [1.29, 1.82) is 0 Å². The standard InChI is InChI=1S/C25H20N4O3/c1-16-27-23(29-25(28-16)21-8-3-4-13-26-21)15-22(30)17-9-11-18(12-10-17)24(31)19-6-5-7-20(14-19)32-2/h3-14H,15H2,1-2H3. The summed E-state index contributed by atoms with van der Waals surface area (Å²) in [5, 5.41) is 0. The van der Waals surface area contributed by atoms with Gasteiger partial charge < -0.3 is 4.74 Å². The largest absolute Gasteiger partial charge is 0.497 e. The molecule has 2 aromatic heterocycles. The number of Topliss-reactive ketones (excluding diaryl/α,β-unsaturated/α-hetero) is 1. The Labute approximate surface area is 185 Å². The molecular formula is C25H20N4O3. The van der Waals surface area contributed by atoms with Crippen LogP contribution in [0.1, 0.15) is 37.9 Å². The highest BCUT2D eigenvalue weighted by molar-refractivity contribution is 6.09. The average molecular weight is 424 g/mol. The van der Waals surface area contributed by atoms with Gasteiger partial charge in [0.25, 0.3) is 0 Å². The van der Waals surface area contributed by atoms with Crippen molar-refractivity contribution in [2.75, 3.05) is 7.11 Å². The van der Waals surface area contributed by atoms with Gasteiger partial charge in [0.2, 0.25) is 0 Å². The molecule has 7 heteroatoms. The molecule has 2 heterocycles. The monoisotopic (exact) mass is 424 g/mol. The van der Waals surface area contributed by atoms with Gasteiger partial charge in [-0.15, -0.1) is 0 Å². The number of pyridine rings is 1. The SMILES string of the molecule is COc1cccc(C(=O)c2ccc(C(=O)Cc3nc(C)nc(-c4ccccn4)n3)cc2)c1. The van der Waals surface area contributed by atoms with Crippen LogP contribution in [0.15, 0.2) is 72.9 Å². The minimum atomic E-state index is -0.150. The third kappa shape index (κ3) is 4.73. The molecule has 0 fully saturated rings. The number of aromatic nitrogens is 4. The van der Waals surface area contributed by atoms with Crippen LogP contribution >= 0.6 is 0 Å². The van der Waals surface area contributed by atoms with Crippen LogP contribution in [0, 0.1) is 6.92 Å². The fraction of sp³-hybridized carbons (Fsp3) is 0.120. The van der Waals surface area contributed by atoms with Crippen LogP contribution in [0.5, 0.6) is 5.75 Å². The molecule has 0 N–H and O–H groups in total. The molecule has 0 aliphatic heterocycles. The third-order valence-corrected chi connectivity index (χ3v) is 4.81. The molecule has 0 radical (unpaired) electrons. The zero-order valence-electron chi connectivity index (χ0n) is 17.6. The summed E-state index contributed by atoms with van der Waals surface area (Å²) in [5.41, 5.74) is 2.10. The molecule has 0 unspecified atom stereocenters. The van der Waals surface area contributed by atoms with E-state index in [0.717, 1.165) is 0 Å². The lowest BCUT2D eigenvalue weighted by Gasteiger charge is -2.06. The first kappa shape index (κ1) is 21.0. The summed E-state index contributed by atoms with van der Waals surface area (Å²) in [7, 11) is 1.55. The van der Waals surface area contributed by atoms with E-state index in [2.05, 4.69) is 19.9 Å². The van der Waals surface area contributed by atoms with Gasteiger partial charge in [-0.2, -0.15) is 0 Å². The molecule has 0 saturated heterocycles. The predicted octanol–water partition coefficient (Wildman–Crippen LogP) is 3.91. The summed E-state index contributed by atoms with van der Waals surface area (Å²) >= 11 is 0. The minimum absolute atomic E-state index is 0.0202. The molecule has 0 aliphatic rings. The Kier molecular flexibility index (Phi) is 6.07. The molecule has 158 valence electrons. The van der Waals surface area contributed by atoms with E-state index in [4.69, 9.17) is 4.74 Å². The van der Waals surface area contributed by atoms with Gasteiger partial charge in [0, 0.05) is 22.9 Å². The van der Waals surface area contributed by atoms with E-state index < -0.39 is 0 Å². The van der Waals surface area contributed by atoms with Gasteiger partial charge in [-0.3, -0.25) is 14.6 Å². The van der Waals surface area contributed by atoms with Crippen molar-refractivity contribution in [3.8, 4) is 17.3 Å². The normalized spacial score (nSPS) is 10.6. The quantitative estimate of drug-likeness (QED) is 0.415. The molecule has 2 aromatic carbocycles. The third-order valence-electron chi connectivity index (χ3n) is 4.81. The van der Waals surface area contributed by atoms with Crippen molar-refractivity contribution < 1.29 is 14.3 Å². The number of ether oxygens (including phenoxy) is 1. The lowest BCUT2D eigenvalue weighted by atomic mass is 10.00. The van der Waals surface area contributed by atoms with E-state index >= 15 is 0 Å². The van der Waals surface area contributed by atoms with Gasteiger partial charge >= 0.3 is 0 Å². The molecule has 32 heavy (non-hydrogen) atoms. The zero-order chi connectivity index (χ0) is 22.5. The Morgan fingerprint density at radius 1 is 0.844 bits per heavy atom. The summed E-state index contributed by atoms with van der Waals surface area (Å²) in [4.78, 5) is 42.8. The van der Waals surface area contributed by atoms with Crippen LogP contribution < -0.4 is 4.74 Å². The second-order valence-electron chi connectivity index (χ2n) is 7.08. The predicted molar refractivity (Wildman–Crippen MR) is 119 cm³/mol. The zero-order valence-corrected chi connectivity index (χ0v) is 17.6. The maximum absolute atomic E-state index is 12.8. The second kappa shape index (κ2) is 9.26. The summed E-state index contributed by atoms with van der Waals surface area (Å²) < 4.78 is 5.18. The van der Waals surface area contributed by atoms with Gasteiger partial charge in [-0.1, -0.05) is 42.5 Å². The first-order chi connectivity index (χ1) is 15.5. The first-order valence-corrected chi connectivity index (χ1v) is 9.98. The molecule has 0 saturated carbocycles.